The van der Waals surface area contributed by atoms with E-state index in [0.717, 1.165) is 50.7 Å². The van der Waals surface area contributed by atoms with E-state index in [1.54, 1.807) is 0 Å². The van der Waals surface area contributed by atoms with Crippen molar-refractivity contribution < 1.29 is 14.1 Å². The standard InChI is InChI=1S/C14H18BrFN2O3/c15-10-7-12(18(19)20)13(8-11(10)16)21-9-14(17)5-3-1-2-4-6-14/h7-8H,1-6,9,17H2. The fraction of sp³-hybridized carbons (Fsp3) is 0.571. The quantitative estimate of drug-likeness (QED) is 0.501. The Labute approximate surface area is 130 Å². The van der Waals surface area contributed by atoms with E-state index < -0.39 is 16.3 Å². The van der Waals surface area contributed by atoms with E-state index in [2.05, 4.69) is 15.9 Å². The van der Waals surface area contributed by atoms with Crippen molar-refractivity contribution in [3.8, 4) is 5.75 Å². The molecule has 0 aliphatic heterocycles. The molecule has 1 aliphatic carbocycles. The molecule has 21 heavy (non-hydrogen) atoms. The van der Waals surface area contributed by atoms with Crippen molar-refractivity contribution in [3.63, 3.8) is 0 Å². The molecule has 0 saturated heterocycles. The molecule has 0 atom stereocenters. The van der Waals surface area contributed by atoms with Crippen LogP contribution in [0.1, 0.15) is 38.5 Å². The molecule has 0 spiro atoms. The number of rotatable bonds is 4. The summed E-state index contributed by atoms with van der Waals surface area (Å²) in [6.45, 7) is 0.162. The lowest BCUT2D eigenvalue weighted by Gasteiger charge is -2.27. The van der Waals surface area contributed by atoms with Crippen LogP contribution in [0.5, 0.6) is 5.75 Å². The van der Waals surface area contributed by atoms with Crippen LogP contribution in [-0.4, -0.2) is 17.1 Å². The maximum atomic E-state index is 13.6. The lowest BCUT2D eigenvalue weighted by molar-refractivity contribution is -0.386. The van der Waals surface area contributed by atoms with Gasteiger partial charge in [-0.05, 0) is 28.8 Å². The van der Waals surface area contributed by atoms with Gasteiger partial charge in [-0.25, -0.2) is 4.39 Å². The molecular formula is C14H18BrFN2O3. The van der Waals surface area contributed by atoms with Gasteiger partial charge in [0.25, 0.3) is 0 Å². The molecule has 0 aromatic heterocycles. The van der Waals surface area contributed by atoms with E-state index in [-0.39, 0.29) is 22.5 Å². The smallest absolute Gasteiger partial charge is 0.312 e. The predicted octanol–water partition coefficient (Wildman–Crippen LogP) is 3.93. The van der Waals surface area contributed by atoms with Gasteiger partial charge in [0.1, 0.15) is 12.4 Å². The van der Waals surface area contributed by atoms with E-state index in [4.69, 9.17) is 10.5 Å². The van der Waals surface area contributed by atoms with Gasteiger partial charge < -0.3 is 10.5 Å². The summed E-state index contributed by atoms with van der Waals surface area (Å²) in [4.78, 5) is 10.4. The largest absolute Gasteiger partial charge is 0.485 e. The lowest BCUT2D eigenvalue weighted by atomic mass is 9.92. The van der Waals surface area contributed by atoms with Gasteiger partial charge in [-0.2, -0.15) is 0 Å². The number of nitrogens with two attached hydrogens (primary N) is 1. The molecule has 1 fully saturated rings. The molecular weight excluding hydrogens is 343 g/mol. The van der Waals surface area contributed by atoms with Crippen LogP contribution in [0.2, 0.25) is 0 Å². The van der Waals surface area contributed by atoms with Crippen LogP contribution in [-0.2, 0) is 0 Å². The molecule has 0 amide bonds. The zero-order valence-electron chi connectivity index (χ0n) is 11.6. The van der Waals surface area contributed by atoms with Gasteiger partial charge in [-0.15, -0.1) is 0 Å². The third-order valence-electron chi connectivity index (χ3n) is 3.81. The number of hydrogen-bond donors (Lipinski definition) is 1. The highest BCUT2D eigenvalue weighted by Gasteiger charge is 2.29. The van der Waals surface area contributed by atoms with Crippen LogP contribution in [0.3, 0.4) is 0 Å². The Bertz CT molecular complexity index is 531. The zero-order chi connectivity index (χ0) is 15.5. The van der Waals surface area contributed by atoms with Gasteiger partial charge in [-0.1, -0.05) is 25.7 Å². The highest BCUT2D eigenvalue weighted by atomic mass is 79.9. The Hall–Kier alpha value is -1.21. The van der Waals surface area contributed by atoms with E-state index in [1.165, 1.54) is 0 Å². The normalized spacial score (nSPS) is 18.0. The van der Waals surface area contributed by atoms with Crippen molar-refractivity contribution in [1.29, 1.82) is 0 Å². The fourth-order valence-electron chi connectivity index (χ4n) is 2.57. The van der Waals surface area contributed by atoms with E-state index in [9.17, 15) is 14.5 Å². The number of hydrogen-bond acceptors (Lipinski definition) is 4. The third kappa shape index (κ3) is 4.14. The van der Waals surface area contributed by atoms with Crippen molar-refractivity contribution in [1.82, 2.24) is 0 Å². The summed E-state index contributed by atoms with van der Waals surface area (Å²) in [5.74, 6) is -0.669. The number of nitro benzene ring substituents is 1. The van der Waals surface area contributed by atoms with Gasteiger partial charge in [0, 0.05) is 12.1 Å². The highest BCUT2D eigenvalue weighted by Crippen LogP contribution is 2.34. The van der Waals surface area contributed by atoms with Crippen LogP contribution in [0, 0.1) is 15.9 Å². The Morgan fingerprint density at radius 1 is 1.33 bits per heavy atom. The Morgan fingerprint density at radius 2 is 1.95 bits per heavy atom. The third-order valence-corrected chi connectivity index (χ3v) is 4.42. The maximum Gasteiger partial charge on any atom is 0.312 e. The summed E-state index contributed by atoms with van der Waals surface area (Å²) in [7, 11) is 0. The first-order chi connectivity index (χ1) is 9.91. The van der Waals surface area contributed by atoms with Crippen LogP contribution in [0.4, 0.5) is 10.1 Å². The number of nitro groups is 1. The molecule has 1 aromatic carbocycles. The number of benzene rings is 1. The Morgan fingerprint density at radius 3 is 2.52 bits per heavy atom. The molecule has 1 aromatic rings. The zero-order valence-corrected chi connectivity index (χ0v) is 13.2. The average molecular weight is 361 g/mol. The molecule has 0 unspecified atom stereocenters. The molecule has 1 saturated carbocycles. The fourth-order valence-corrected chi connectivity index (χ4v) is 2.91. The minimum Gasteiger partial charge on any atom is -0.485 e. The minimum absolute atomic E-state index is 0.0403. The second-order valence-corrected chi connectivity index (χ2v) is 6.41. The van der Waals surface area contributed by atoms with Crippen molar-refractivity contribution >= 4 is 21.6 Å². The van der Waals surface area contributed by atoms with Crippen LogP contribution >= 0.6 is 15.9 Å². The topological polar surface area (TPSA) is 78.4 Å². The summed E-state index contributed by atoms with van der Waals surface area (Å²) < 4.78 is 19.1. The van der Waals surface area contributed by atoms with Crippen LogP contribution < -0.4 is 10.5 Å². The molecule has 116 valence electrons. The van der Waals surface area contributed by atoms with Crippen LogP contribution in [0.15, 0.2) is 16.6 Å². The van der Waals surface area contributed by atoms with E-state index >= 15 is 0 Å². The van der Waals surface area contributed by atoms with Gasteiger partial charge in [0.05, 0.1) is 14.9 Å². The monoisotopic (exact) mass is 360 g/mol. The van der Waals surface area contributed by atoms with Crippen molar-refractivity contribution in [2.24, 2.45) is 5.73 Å². The number of nitrogens with zero attached hydrogens (tertiary/aromatic N) is 1. The van der Waals surface area contributed by atoms with Gasteiger partial charge >= 0.3 is 5.69 Å². The molecule has 0 heterocycles. The minimum atomic E-state index is -0.595. The highest BCUT2D eigenvalue weighted by molar-refractivity contribution is 9.10. The van der Waals surface area contributed by atoms with E-state index in [1.807, 2.05) is 0 Å². The Balaban J connectivity index is 2.15. The summed E-state index contributed by atoms with van der Waals surface area (Å²) in [5, 5.41) is 11.0. The van der Waals surface area contributed by atoms with Gasteiger partial charge in [0.15, 0.2) is 5.75 Å². The second kappa shape index (κ2) is 6.70. The second-order valence-electron chi connectivity index (χ2n) is 5.56. The first kappa shape index (κ1) is 16.2. The summed E-state index contributed by atoms with van der Waals surface area (Å²) in [6, 6.07) is 2.14. The molecule has 0 radical (unpaired) electrons. The number of ether oxygens (including phenoxy) is 1. The summed E-state index contributed by atoms with van der Waals surface area (Å²) >= 11 is 2.94. The lowest BCUT2D eigenvalue weighted by Crippen LogP contribution is -2.45. The van der Waals surface area contributed by atoms with Crippen LogP contribution in [0.25, 0.3) is 0 Å². The predicted molar refractivity (Wildman–Crippen MR) is 80.9 cm³/mol. The van der Waals surface area contributed by atoms with Crippen molar-refractivity contribution in [2.75, 3.05) is 6.61 Å². The summed E-state index contributed by atoms with van der Waals surface area (Å²) in [6.07, 6.45) is 5.98. The van der Waals surface area contributed by atoms with Gasteiger partial charge in [0.2, 0.25) is 0 Å². The molecule has 5 nitrogen and oxygen atoms in total. The number of halogens is 2. The van der Waals surface area contributed by atoms with Crippen molar-refractivity contribution in [2.45, 2.75) is 44.1 Å². The first-order valence-electron chi connectivity index (χ1n) is 6.96. The summed E-state index contributed by atoms with van der Waals surface area (Å²) in [5.41, 5.74) is 5.55. The molecule has 2 N–H and O–H groups in total. The maximum absolute atomic E-state index is 13.6. The molecule has 7 heteroatoms. The molecule has 2 rings (SSSR count). The SMILES string of the molecule is NC1(COc2cc(F)c(Br)cc2[N+](=O)[O-])CCCCCC1. The first-order valence-corrected chi connectivity index (χ1v) is 7.76. The molecule has 1 aliphatic rings. The van der Waals surface area contributed by atoms with Gasteiger partial charge in [-0.3, -0.25) is 10.1 Å². The van der Waals surface area contributed by atoms with E-state index in [0.29, 0.717) is 0 Å². The Kier molecular flexibility index (Phi) is 5.16. The molecule has 0 bridgehead atoms. The average Bonchev–Trinajstić information content (AvgIpc) is 2.65. The van der Waals surface area contributed by atoms with Crippen molar-refractivity contribution in [3.05, 3.63) is 32.5 Å².